The summed E-state index contributed by atoms with van der Waals surface area (Å²) in [5, 5.41) is 0.339. The first-order chi connectivity index (χ1) is 9.78. The molecule has 0 aliphatic heterocycles. The van der Waals surface area contributed by atoms with Crippen LogP contribution < -0.4 is 10.5 Å². The molecule has 0 radical (unpaired) electrons. The number of nitrogen functional groups attached to an aromatic ring is 1. The molecule has 1 heterocycles. The smallest absolute Gasteiger partial charge is 0.242 e. The van der Waals surface area contributed by atoms with Crippen LogP contribution in [-0.4, -0.2) is 14.5 Å². The Labute approximate surface area is 134 Å². The summed E-state index contributed by atoms with van der Waals surface area (Å²) in [7, 11) is -3.68. The molecule has 21 heavy (non-hydrogen) atoms. The van der Waals surface area contributed by atoms with E-state index in [1.54, 1.807) is 17.4 Å². The lowest BCUT2D eigenvalue weighted by Gasteiger charge is -2.15. The van der Waals surface area contributed by atoms with Crippen molar-refractivity contribution in [2.24, 2.45) is 0 Å². The molecular formula is C14H17ClN2O2S2. The maximum Gasteiger partial charge on any atom is 0.242 e. The molecule has 1 unspecified atom stereocenters. The second-order valence-electron chi connectivity index (χ2n) is 4.92. The second kappa shape index (κ2) is 6.36. The van der Waals surface area contributed by atoms with E-state index >= 15 is 0 Å². The lowest BCUT2D eigenvalue weighted by atomic mass is 10.2. The van der Waals surface area contributed by atoms with Gasteiger partial charge in [0.1, 0.15) is 4.90 Å². The molecule has 7 heteroatoms. The largest absolute Gasteiger partial charge is 0.398 e. The third-order valence-corrected chi connectivity index (χ3v) is 5.83. The molecular weight excluding hydrogens is 328 g/mol. The van der Waals surface area contributed by atoms with Gasteiger partial charge in [-0.25, -0.2) is 13.1 Å². The van der Waals surface area contributed by atoms with Crippen molar-refractivity contribution >= 4 is 38.6 Å². The van der Waals surface area contributed by atoms with Crippen molar-refractivity contribution in [1.29, 1.82) is 0 Å². The average molecular weight is 345 g/mol. The Balaban J connectivity index is 2.15. The minimum absolute atomic E-state index is 0.0178. The first-order valence-corrected chi connectivity index (χ1v) is 9.08. The number of nitrogens with one attached hydrogen (secondary N) is 1. The van der Waals surface area contributed by atoms with Crippen LogP contribution in [0.4, 0.5) is 5.69 Å². The van der Waals surface area contributed by atoms with Crippen LogP contribution in [0.25, 0.3) is 0 Å². The number of thiophene rings is 1. The third-order valence-electron chi connectivity index (χ3n) is 2.92. The number of halogens is 1. The second-order valence-corrected chi connectivity index (χ2v) is 8.41. The van der Waals surface area contributed by atoms with Gasteiger partial charge < -0.3 is 5.73 Å². The van der Waals surface area contributed by atoms with Gasteiger partial charge in [0.25, 0.3) is 0 Å². The zero-order valence-electron chi connectivity index (χ0n) is 11.8. The fourth-order valence-electron chi connectivity index (χ4n) is 2.01. The number of aryl methyl sites for hydroxylation is 1. The van der Waals surface area contributed by atoms with Crippen LogP contribution >= 0.6 is 22.9 Å². The summed E-state index contributed by atoms with van der Waals surface area (Å²) in [5.74, 6) is 0. The number of hydrogen-bond acceptors (Lipinski definition) is 4. The lowest BCUT2D eigenvalue weighted by molar-refractivity contribution is 0.561. The Bertz CT molecular complexity index is 741. The van der Waals surface area contributed by atoms with Gasteiger partial charge in [0.05, 0.1) is 5.69 Å². The molecule has 1 aromatic carbocycles. The van der Waals surface area contributed by atoms with Crippen molar-refractivity contribution in [2.45, 2.75) is 31.2 Å². The fraction of sp³-hybridized carbons (Fsp3) is 0.286. The Morgan fingerprint density at radius 2 is 2.05 bits per heavy atom. The standard InChI is InChI=1S/C14H17ClN2O2S2/c1-9(7-12-5-3-10(2)20-12)17-21(18,19)14-8-11(15)4-6-13(14)16/h3-6,8-9,17H,7,16H2,1-2H3. The summed E-state index contributed by atoms with van der Waals surface area (Å²) >= 11 is 7.51. The van der Waals surface area contributed by atoms with Crippen LogP contribution in [0.3, 0.4) is 0 Å². The van der Waals surface area contributed by atoms with Gasteiger partial charge in [-0.05, 0) is 50.6 Å². The van der Waals surface area contributed by atoms with E-state index in [1.807, 2.05) is 26.0 Å². The summed E-state index contributed by atoms with van der Waals surface area (Å²) < 4.78 is 27.4. The number of nitrogens with two attached hydrogens (primary N) is 1. The van der Waals surface area contributed by atoms with Crippen LogP contribution in [0.15, 0.2) is 35.2 Å². The predicted octanol–water partition coefficient (Wildman–Crippen LogP) is 3.20. The van der Waals surface area contributed by atoms with Gasteiger partial charge in [-0.3, -0.25) is 0 Å². The molecule has 0 fully saturated rings. The molecule has 0 aliphatic rings. The molecule has 0 amide bonds. The number of rotatable bonds is 5. The molecule has 1 aromatic heterocycles. The van der Waals surface area contributed by atoms with Crippen molar-refractivity contribution in [1.82, 2.24) is 4.72 Å². The van der Waals surface area contributed by atoms with Crippen LogP contribution in [0.5, 0.6) is 0 Å². The maximum atomic E-state index is 12.4. The minimum atomic E-state index is -3.68. The van der Waals surface area contributed by atoms with Gasteiger partial charge in [0.15, 0.2) is 0 Å². The number of benzene rings is 1. The van der Waals surface area contributed by atoms with E-state index in [2.05, 4.69) is 4.72 Å². The lowest BCUT2D eigenvalue weighted by Crippen LogP contribution is -2.34. The predicted molar refractivity (Wildman–Crippen MR) is 88.4 cm³/mol. The summed E-state index contributed by atoms with van der Waals surface area (Å²) in [4.78, 5) is 2.37. The van der Waals surface area contributed by atoms with E-state index in [1.165, 1.54) is 17.0 Å². The van der Waals surface area contributed by atoms with Crippen molar-refractivity contribution in [3.8, 4) is 0 Å². The van der Waals surface area contributed by atoms with Gasteiger partial charge in [0.2, 0.25) is 10.0 Å². The van der Waals surface area contributed by atoms with E-state index in [9.17, 15) is 8.42 Å². The molecule has 0 saturated heterocycles. The SMILES string of the molecule is Cc1ccc(CC(C)NS(=O)(=O)c2cc(Cl)ccc2N)s1. The fourth-order valence-corrected chi connectivity index (χ4v) is 4.66. The highest BCUT2D eigenvalue weighted by molar-refractivity contribution is 7.89. The Morgan fingerprint density at radius 3 is 2.67 bits per heavy atom. The first kappa shape index (κ1) is 16.3. The summed E-state index contributed by atoms with van der Waals surface area (Å²) in [6.45, 7) is 3.85. The highest BCUT2D eigenvalue weighted by Crippen LogP contribution is 2.23. The van der Waals surface area contributed by atoms with Gasteiger partial charge in [-0.2, -0.15) is 0 Å². The first-order valence-electron chi connectivity index (χ1n) is 6.40. The zero-order chi connectivity index (χ0) is 15.6. The molecule has 0 saturated carbocycles. The molecule has 0 spiro atoms. The van der Waals surface area contributed by atoms with E-state index in [0.29, 0.717) is 11.4 Å². The van der Waals surface area contributed by atoms with Crippen molar-refractivity contribution in [3.05, 3.63) is 45.1 Å². The van der Waals surface area contributed by atoms with E-state index in [4.69, 9.17) is 17.3 Å². The van der Waals surface area contributed by atoms with Crippen molar-refractivity contribution < 1.29 is 8.42 Å². The van der Waals surface area contributed by atoms with Crippen molar-refractivity contribution in [3.63, 3.8) is 0 Å². The molecule has 4 nitrogen and oxygen atoms in total. The van der Waals surface area contributed by atoms with Gasteiger partial charge in [-0.1, -0.05) is 11.6 Å². The molecule has 2 aromatic rings. The van der Waals surface area contributed by atoms with Gasteiger partial charge in [-0.15, -0.1) is 11.3 Å². The Morgan fingerprint density at radius 1 is 1.33 bits per heavy atom. The third kappa shape index (κ3) is 4.20. The van der Waals surface area contributed by atoms with Crippen molar-refractivity contribution in [2.75, 3.05) is 5.73 Å². The molecule has 3 N–H and O–H groups in total. The van der Waals surface area contributed by atoms with Gasteiger partial charge >= 0.3 is 0 Å². The summed E-state index contributed by atoms with van der Waals surface area (Å²) in [6, 6.07) is 8.22. The van der Waals surface area contributed by atoms with E-state index in [0.717, 1.165) is 4.88 Å². The molecule has 2 rings (SSSR count). The monoisotopic (exact) mass is 344 g/mol. The minimum Gasteiger partial charge on any atom is -0.398 e. The van der Waals surface area contributed by atoms with Crippen LogP contribution in [-0.2, 0) is 16.4 Å². The number of sulfonamides is 1. The molecule has 114 valence electrons. The molecule has 0 bridgehead atoms. The normalized spacial score (nSPS) is 13.3. The van der Waals surface area contributed by atoms with Crippen LogP contribution in [0.2, 0.25) is 5.02 Å². The highest BCUT2D eigenvalue weighted by atomic mass is 35.5. The highest BCUT2D eigenvalue weighted by Gasteiger charge is 2.20. The van der Waals surface area contributed by atoms with E-state index < -0.39 is 10.0 Å². The number of hydrogen-bond donors (Lipinski definition) is 2. The van der Waals surface area contributed by atoms with E-state index in [-0.39, 0.29) is 16.6 Å². The summed E-state index contributed by atoms with van der Waals surface area (Å²) in [5.41, 5.74) is 5.92. The van der Waals surface area contributed by atoms with Crippen LogP contribution in [0, 0.1) is 6.92 Å². The average Bonchev–Trinajstić information content (AvgIpc) is 2.76. The molecule has 1 atom stereocenters. The Hall–Kier alpha value is -1.08. The summed E-state index contributed by atoms with van der Waals surface area (Å²) in [6.07, 6.45) is 0.637. The molecule has 0 aliphatic carbocycles. The van der Waals surface area contributed by atoms with Crippen LogP contribution in [0.1, 0.15) is 16.7 Å². The topological polar surface area (TPSA) is 72.2 Å². The Kier molecular flexibility index (Phi) is 4.93. The quantitative estimate of drug-likeness (QED) is 0.818. The van der Waals surface area contributed by atoms with Gasteiger partial charge in [0, 0.05) is 20.8 Å². The number of anilines is 1. The maximum absolute atomic E-state index is 12.4. The zero-order valence-corrected chi connectivity index (χ0v) is 14.1.